The first-order valence-corrected chi connectivity index (χ1v) is 4.26. The van der Waals surface area contributed by atoms with Crippen LogP contribution in [0.4, 0.5) is 0 Å². The lowest BCUT2D eigenvalue weighted by Gasteiger charge is -2.30. The number of amides is 1. The minimum Gasteiger partial charge on any atom is -0.391 e. The van der Waals surface area contributed by atoms with Crippen molar-refractivity contribution in [1.82, 2.24) is 4.90 Å². The second kappa shape index (κ2) is 3.87. The van der Waals surface area contributed by atoms with Crippen LogP contribution in [0.2, 0.25) is 0 Å². The molecule has 0 unspecified atom stereocenters. The second-order valence-corrected chi connectivity index (χ2v) is 3.26. The zero-order chi connectivity index (χ0) is 9.14. The molecule has 0 spiro atoms. The zero-order valence-corrected chi connectivity index (χ0v) is 7.23. The number of β-amino-alcohol motifs (C(OH)–C–C–N with tert-alkyl or cyclic N) is 1. The third-order valence-corrected chi connectivity index (χ3v) is 2.07. The standard InChI is InChI=1S/C8H15NO3/c1-6(10)8(12)9-4-2-3-7(11)5-9/h6-7,10-11H,2-5H2,1H3/t6-,7-/m0/s1. The van der Waals surface area contributed by atoms with Crippen molar-refractivity contribution >= 4 is 5.91 Å². The molecule has 0 saturated carbocycles. The van der Waals surface area contributed by atoms with Crippen molar-refractivity contribution in [3.8, 4) is 0 Å². The number of hydrogen-bond donors (Lipinski definition) is 2. The minimum absolute atomic E-state index is 0.284. The van der Waals surface area contributed by atoms with Gasteiger partial charge >= 0.3 is 0 Å². The van der Waals surface area contributed by atoms with Gasteiger partial charge in [0.25, 0.3) is 5.91 Å². The van der Waals surface area contributed by atoms with Crippen LogP contribution in [-0.4, -0.2) is 46.3 Å². The molecule has 70 valence electrons. The van der Waals surface area contributed by atoms with Gasteiger partial charge in [-0.2, -0.15) is 0 Å². The highest BCUT2D eigenvalue weighted by Gasteiger charge is 2.24. The van der Waals surface area contributed by atoms with E-state index in [1.54, 1.807) is 0 Å². The van der Waals surface area contributed by atoms with Gasteiger partial charge in [0, 0.05) is 13.1 Å². The SMILES string of the molecule is C[C@H](O)C(=O)N1CCC[C@H](O)C1. The molecule has 0 aromatic carbocycles. The molecule has 4 heteroatoms. The molecule has 1 heterocycles. The second-order valence-electron chi connectivity index (χ2n) is 3.26. The van der Waals surface area contributed by atoms with Crippen LogP contribution in [0.5, 0.6) is 0 Å². The third-order valence-electron chi connectivity index (χ3n) is 2.07. The normalized spacial score (nSPS) is 26.9. The number of hydrogen-bond acceptors (Lipinski definition) is 3. The van der Waals surface area contributed by atoms with Crippen LogP contribution >= 0.6 is 0 Å². The van der Waals surface area contributed by atoms with E-state index in [1.807, 2.05) is 0 Å². The maximum atomic E-state index is 11.2. The van der Waals surface area contributed by atoms with Crippen molar-refractivity contribution in [3.05, 3.63) is 0 Å². The van der Waals surface area contributed by atoms with E-state index in [-0.39, 0.29) is 5.91 Å². The van der Waals surface area contributed by atoms with Crippen LogP contribution in [0.3, 0.4) is 0 Å². The third kappa shape index (κ3) is 2.19. The Morgan fingerprint density at radius 3 is 2.83 bits per heavy atom. The van der Waals surface area contributed by atoms with E-state index in [0.717, 1.165) is 12.8 Å². The lowest BCUT2D eigenvalue weighted by atomic mass is 10.1. The zero-order valence-electron chi connectivity index (χ0n) is 7.23. The molecule has 12 heavy (non-hydrogen) atoms. The molecule has 1 rings (SSSR count). The van der Waals surface area contributed by atoms with Gasteiger partial charge in [0.15, 0.2) is 0 Å². The summed E-state index contributed by atoms with van der Waals surface area (Å²) in [6, 6.07) is 0. The topological polar surface area (TPSA) is 60.8 Å². The fraction of sp³-hybridized carbons (Fsp3) is 0.875. The first kappa shape index (κ1) is 9.48. The fourth-order valence-electron chi connectivity index (χ4n) is 1.42. The van der Waals surface area contributed by atoms with Crippen LogP contribution in [0.25, 0.3) is 0 Å². The molecular weight excluding hydrogens is 158 g/mol. The van der Waals surface area contributed by atoms with E-state index in [4.69, 9.17) is 5.11 Å². The predicted molar refractivity (Wildman–Crippen MR) is 43.5 cm³/mol. The summed E-state index contributed by atoms with van der Waals surface area (Å²) in [5.74, 6) is -0.284. The summed E-state index contributed by atoms with van der Waals surface area (Å²) in [6.07, 6.45) is 0.209. The highest BCUT2D eigenvalue weighted by atomic mass is 16.3. The lowest BCUT2D eigenvalue weighted by Crippen LogP contribution is -2.45. The summed E-state index contributed by atoms with van der Waals surface area (Å²) in [6.45, 7) is 2.47. The van der Waals surface area contributed by atoms with Crippen molar-refractivity contribution in [2.45, 2.75) is 32.0 Å². The Labute approximate surface area is 71.8 Å². The maximum Gasteiger partial charge on any atom is 0.251 e. The van der Waals surface area contributed by atoms with Crippen LogP contribution in [0.15, 0.2) is 0 Å². The molecule has 4 nitrogen and oxygen atoms in total. The minimum atomic E-state index is -0.949. The van der Waals surface area contributed by atoms with Gasteiger partial charge < -0.3 is 15.1 Å². The number of rotatable bonds is 1. The Morgan fingerprint density at radius 1 is 1.67 bits per heavy atom. The Hall–Kier alpha value is -0.610. The molecule has 0 bridgehead atoms. The van der Waals surface area contributed by atoms with Crippen molar-refractivity contribution in [2.24, 2.45) is 0 Å². The average molecular weight is 173 g/mol. The molecule has 0 aliphatic carbocycles. The molecule has 1 amide bonds. The first-order chi connectivity index (χ1) is 5.61. The molecule has 2 atom stereocenters. The van der Waals surface area contributed by atoms with Gasteiger partial charge in [0.2, 0.25) is 0 Å². The van der Waals surface area contributed by atoms with E-state index in [0.29, 0.717) is 13.1 Å². The van der Waals surface area contributed by atoms with E-state index < -0.39 is 12.2 Å². The number of aliphatic hydroxyl groups excluding tert-OH is 2. The van der Waals surface area contributed by atoms with E-state index >= 15 is 0 Å². The molecule has 1 aliphatic heterocycles. The van der Waals surface area contributed by atoms with Crippen LogP contribution < -0.4 is 0 Å². The van der Waals surface area contributed by atoms with Gasteiger partial charge in [-0.3, -0.25) is 4.79 Å². The van der Waals surface area contributed by atoms with Gasteiger partial charge in [-0.05, 0) is 19.8 Å². The largest absolute Gasteiger partial charge is 0.391 e. The summed E-state index contributed by atoms with van der Waals surface area (Å²) < 4.78 is 0. The van der Waals surface area contributed by atoms with Crippen molar-refractivity contribution in [1.29, 1.82) is 0 Å². The maximum absolute atomic E-state index is 11.2. The molecule has 1 aliphatic rings. The number of nitrogens with zero attached hydrogens (tertiary/aromatic N) is 1. The van der Waals surface area contributed by atoms with E-state index in [2.05, 4.69) is 0 Å². The Kier molecular flexibility index (Phi) is 3.05. The predicted octanol–water partition coefficient (Wildman–Crippen LogP) is -0.650. The summed E-state index contributed by atoms with van der Waals surface area (Å²) >= 11 is 0. The first-order valence-electron chi connectivity index (χ1n) is 4.26. The van der Waals surface area contributed by atoms with Crippen LogP contribution in [-0.2, 0) is 4.79 Å². The van der Waals surface area contributed by atoms with Gasteiger partial charge in [-0.15, -0.1) is 0 Å². The average Bonchev–Trinajstić information content (AvgIpc) is 2.03. The molecule has 1 saturated heterocycles. The summed E-state index contributed by atoms with van der Waals surface area (Å²) in [5, 5.41) is 18.2. The highest BCUT2D eigenvalue weighted by Crippen LogP contribution is 2.10. The van der Waals surface area contributed by atoms with Crippen molar-refractivity contribution in [2.75, 3.05) is 13.1 Å². The van der Waals surface area contributed by atoms with Crippen molar-refractivity contribution in [3.63, 3.8) is 0 Å². The van der Waals surface area contributed by atoms with Gasteiger partial charge in [-0.25, -0.2) is 0 Å². The number of carbonyl (C=O) groups excluding carboxylic acids is 1. The number of carbonyl (C=O) groups is 1. The highest BCUT2D eigenvalue weighted by molar-refractivity contribution is 5.80. The van der Waals surface area contributed by atoms with E-state index in [9.17, 15) is 9.90 Å². The summed E-state index contributed by atoms with van der Waals surface area (Å²) in [7, 11) is 0. The quantitative estimate of drug-likeness (QED) is 0.554. The van der Waals surface area contributed by atoms with Gasteiger partial charge in [0.1, 0.15) is 6.10 Å². The molecular formula is C8H15NO3. The Bertz CT molecular complexity index is 170. The van der Waals surface area contributed by atoms with Crippen LogP contribution in [0.1, 0.15) is 19.8 Å². The van der Waals surface area contributed by atoms with Crippen LogP contribution in [0, 0.1) is 0 Å². The molecule has 0 radical (unpaired) electrons. The van der Waals surface area contributed by atoms with Gasteiger partial charge in [0.05, 0.1) is 6.10 Å². The molecule has 1 fully saturated rings. The van der Waals surface area contributed by atoms with Gasteiger partial charge in [-0.1, -0.05) is 0 Å². The molecule has 0 aromatic heterocycles. The summed E-state index contributed by atoms with van der Waals surface area (Å²) in [4.78, 5) is 12.7. The van der Waals surface area contributed by atoms with E-state index in [1.165, 1.54) is 11.8 Å². The summed E-state index contributed by atoms with van der Waals surface area (Å²) in [5.41, 5.74) is 0. The fourth-order valence-corrected chi connectivity index (χ4v) is 1.42. The molecule has 2 N–H and O–H groups in total. The smallest absolute Gasteiger partial charge is 0.251 e. The lowest BCUT2D eigenvalue weighted by molar-refractivity contribution is -0.142. The number of piperidine rings is 1. The number of aliphatic hydroxyl groups is 2. The Morgan fingerprint density at radius 2 is 2.33 bits per heavy atom. The molecule has 0 aromatic rings. The number of likely N-dealkylation sites (tertiary alicyclic amines) is 1. The van der Waals surface area contributed by atoms with Crippen molar-refractivity contribution < 1.29 is 15.0 Å². The Balaban J connectivity index is 2.46. The monoisotopic (exact) mass is 173 g/mol.